The number of anilines is 1. The summed E-state index contributed by atoms with van der Waals surface area (Å²) >= 11 is 0. The lowest BCUT2D eigenvalue weighted by Crippen LogP contribution is -2.43. The number of aliphatic imine (C=N–C) groups is 1. The lowest BCUT2D eigenvalue weighted by Gasteiger charge is -2.28. The van der Waals surface area contributed by atoms with E-state index in [1.807, 2.05) is 0 Å². The van der Waals surface area contributed by atoms with Crippen molar-refractivity contribution >= 4 is 23.8 Å². The van der Waals surface area contributed by atoms with Crippen LogP contribution in [0.1, 0.15) is 34.1 Å². The van der Waals surface area contributed by atoms with Gasteiger partial charge < -0.3 is 20.7 Å². The molecule has 0 bridgehead atoms. The van der Waals surface area contributed by atoms with Crippen LogP contribution in [-0.4, -0.2) is 52.3 Å². The fourth-order valence-electron chi connectivity index (χ4n) is 4.01. The second-order valence-corrected chi connectivity index (χ2v) is 8.20. The number of nitrogen functional groups attached to an aromatic ring is 1. The third-order valence-electron chi connectivity index (χ3n) is 5.78. The first-order valence-corrected chi connectivity index (χ1v) is 11.0. The lowest BCUT2D eigenvalue weighted by atomic mass is 9.96. The Labute approximate surface area is 214 Å². The van der Waals surface area contributed by atoms with Crippen molar-refractivity contribution in [3.8, 4) is 22.6 Å². The monoisotopic (exact) mass is 528 g/mol. The van der Waals surface area contributed by atoms with E-state index in [2.05, 4.69) is 14.9 Å². The highest BCUT2D eigenvalue weighted by Crippen LogP contribution is 2.38. The Bertz CT molecular complexity index is 1450. The van der Waals surface area contributed by atoms with Gasteiger partial charge in [0.05, 0.1) is 31.1 Å². The number of nitrogens with two attached hydrogens (primary N) is 1. The Balaban J connectivity index is 1.69. The molecule has 13 heteroatoms. The SMILES string of the molecule is CN=Cc1c(-c2cc(F)c(CN3C(=O)c4cc(OOC(C)=O)cnc4C3(O)O)c(F)c2)ccc(OC)c1N. The van der Waals surface area contributed by atoms with Gasteiger partial charge in [-0.3, -0.25) is 24.5 Å². The summed E-state index contributed by atoms with van der Waals surface area (Å²) in [6, 6.07) is 6.21. The van der Waals surface area contributed by atoms with Crippen LogP contribution in [0.4, 0.5) is 14.5 Å². The average Bonchev–Trinajstić information content (AvgIpc) is 3.05. The van der Waals surface area contributed by atoms with Crippen molar-refractivity contribution in [2.24, 2.45) is 4.99 Å². The molecular formula is C25H22F2N4O7. The number of methoxy groups -OCH3 is 1. The molecule has 0 atom stereocenters. The number of aliphatic hydroxyl groups is 2. The van der Waals surface area contributed by atoms with Crippen molar-refractivity contribution in [2.75, 3.05) is 19.9 Å². The number of halogens is 2. The van der Waals surface area contributed by atoms with Crippen LogP contribution in [0.2, 0.25) is 0 Å². The fourth-order valence-corrected chi connectivity index (χ4v) is 4.01. The second kappa shape index (κ2) is 10.0. The lowest BCUT2D eigenvalue weighted by molar-refractivity contribution is -0.255. The van der Waals surface area contributed by atoms with Gasteiger partial charge in [-0.2, -0.15) is 0 Å². The zero-order valence-electron chi connectivity index (χ0n) is 20.4. The highest BCUT2D eigenvalue weighted by molar-refractivity contribution is 5.99. The zero-order chi connectivity index (χ0) is 27.8. The van der Waals surface area contributed by atoms with E-state index < -0.39 is 47.2 Å². The number of carbonyl (C=O) groups is 2. The Hall–Kier alpha value is -4.62. The average molecular weight is 528 g/mol. The highest BCUT2D eigenvalue weighted by Gasteiger charge is 2.50. The summed E-state index contributed by atoms with van der Waals surface area (Å²) in [7, 11) is 2.93. The molecule has 198 valence electrons. The maximum absolute atomic E-state index is 15.2. The Morgan fingerprint density at radius 1 is 1.21 bits per heavy atom. The van der Waals surface area contributed by atoms with Gasteiger partial charge in [0.2, 0.25) is 0 Å². The van der Waals surface area contributed by atoms with Gasteiger partial charge in [-0.25, -0.2) is 18.6 Å². The number of carbonyl (C=O) groups excluding carboxylic acids is 2. The molecule has 0 fully saturated rings. The molecule has 11 nitrogen and oxygen atoms in total. The van der Waals surface area contributed by atoms with Gasteiger partial charge >= 0.3 is 5.97 Å². The number of ether oxygens (including phenoxy) is 1. The third-order valence-corrected chi connectivity index (χ3v) is 5.78. The van der Waals surface area contributed by atoms with Crippen LogP contribution in [0.5, 0.6) is 11.5 Å². The van der Waals surface area contributed by atoms with Crippen LogP contribution >= 0.6 is 0 Å². The van der Waals surface area contributed by atoms with E-state index in [-0.39, 0.29) is 22.6 Å². The maximum atomic E-state index is 15.2. The first kappa shape index (κ1) is 26.4. The van der Waals surface area contributed by atoms with Gasteiger partial charge in [-0.15, -0.1) is 0 Å². The summed E-state index contributed by atoms with van der Waals surface area (Å²) in [6.45, 7) is 0.227. The fraction of sp³-hybridized carbons (Fsp3) is 0.200. The van der Waals surface area contributed by atoms with Crippen molar-refractivity contribution in [1.29, 1.82) is 0 Å². The van der Waals surface area contributed by atoms with Crippen molar-refractivity contribution in [3.05, 3.63) is 70.5 Å². The predicted octanol–water partition coefficient (Wildman–Crippen LogP) is 2.27. The highest BCUT2D eigenvalue weighted by atomic mass is 19.1. The Morgan fingerprint density at radius 2 is 1.89 bits per heavy atom. The van der Waals surface area contributed by atoms with E-state index >= 15 is 8.78 Å². The summed E-state index contributed by atoms with van der Waals surface area (Å²) in [5, 5.41) is 21.2. The normalized spacial score (nSPS) is 14.1. The number of benzene rings is 2. The molecular weight excluding hydrogens is 506 g/mol. The molecule has 1 amide bonds. The Kier molecular flexibility index (Phi) is 6.98. The van der Waals surface area contributed by atoms with Gasteiger partial charge in [-0.05, 0) is 35.4 Å². The molecule has 38 heavy (non-hydrogen) atoms. The van der Waals surface area contributed by atoms with E-state index in [9.17, 15) is 19.8 Å². The van der Waals surface area contributed by atoms with Crippen molar-refractivity contribution in [1.82, 2.24) is 9.88 Å². The number of rotatable bonds is 7. The number of aromatic nitrogens is 1. The maximum Gasteiger partial charge on any atom is 0.352 e. The van der Waals surface area contributed by atoms with Crippen LogP contribution in [0.15, 0.2) is 41.5 Å². The minimum Gasteiger partial charge on any atom is -0.495 e. The van der Waals surface area contributed by atoms with Gasteiger partial charge in [-0.1, -0.05) is 0 Å². The number of nitrogens with zero attached hydrogens (tertiary/aromatic N) is 3. The molecule has 1 aliphatic rings. The molecule has 1 aliphatic heterocycles. The van der Waals surface area contributed by atoms with Gasteiger partial charge in [0.15, 0.2) is 5.75 Å². The van der Waals surface area contributed by atoms with E-state index in [4.69, 9.17) is 15.4 Å². The molecule has 0 radical (unpaired) electrons. The molecule has 0 unspecified atom stereocenters. The second-order valence-electron chi connectivity index (χ2n) is 8.20. The van der Waals surface area contributed by atoms with Crippen molar-refractivity contribution < 1.29 is 43.1 Å². The molecule has 1 aromatic heterocycles. The Morgan fingerprint density at radius 3 is 2.50 bits per heavy atom. The quantitative estimate of drug-likeness (QED) is 0.138. The van der Waals surface area contributed by atoms with Gasteiger partial charge in [0.25, 0.3) is 11.8 Å². The first-order valence-electron chi connectivity index (χ1n) is 11.0. The van der Waals surface area contributed by atoms with E-state index in [0.717, 1.165) is 31.3 Å². The van der Waals surface area contributed by atoms with Crippen LogP contribution < -0.4 is 15.4 Å². The van der Waals surface area contributed by atoms with E-state index in [1.165, 1.54) is 20.4 Å². The smallest absolute Gasteiger partial charge is 0.352 e. The number of pyridine rings is 1. The molecule has 0 saturated carbocycles. The molecule has 0 saturated heterocycles. The molecule has 2 heterocycles. The van der Waals surface area contributed by atoms with E-state index in [0.29, 0.717) is 21.8 Å². The number of amides is 1. The molecule has 4 N–H and O–H groups in total. The summed E-state index contributed by atoms with van der Waals surface area (Å²) in [6.07, 6.45) is 2.41. The van der Waals surface area contributed by atoms with Crippen LogP contribution in [0, 0.1) is 11.6 Å². The molecule has 2 aromatic carbocycles. The minimum atomic E-state index is -2.99. The predicted molar refractivity (Wildman–Crippen MR) is 129 cm³/mol. The standard InChI is InChI=1S/C25H22F2N4O7/c1-12(32)37-38-14-8-16-23(30-9-14)25(34,35)31(24(16)33)11-18-19(26)6-13(7-20(18)27)15-4-5-21(36-3)22(28)17(15)10-29-2/h4-10,34-35H,11,28H2,1-3H3. The van der Waals surface area contributed by atoms with E-state index in [1.54, 1.807) is 12.1 Å². The van der Waals surface area contributed by atoms with Crippen molar-refractivity contribution in [3.63, 3.8) is 0 Å². The van der Waals surface area contributed by atoms with Gasteiger partial charge in [0, 0.05) is 37.4 Å². The summed E-state index contributed by atoms with van der Waals surface area (Å²) < 4.78 is 35.7. The van der Waals surface area contributed by atoms with Crippen LogP contribution in [0.3, 0.4) is 0 Å². The zero-order valence-corrected chi connectivity index (χ0v) is 20.4. The number of hydrogen-bond acceptors (Lipinski definition) is 10. The summed E-state index contributed by atoms with van der Waals surface area (Å²) in [5.74, 6) is -6.71. The third kappa shape index (κ3) is 4.60. The van der Waals surface area contributed by atoms with Crippen molar-refractivity contribution in [2.45, 2.75) is 19.4 Å². The minimum absolute atomic E-state index is 0.122. The number of fused-ring (bicyclic) bond motifs is 1. The summed E-state index contributed by atoms with van der Waals surface area (Å²) in [4.78, 5) is 41.1. The molecule has 0 spiro atoms. The first-order chi connectivity index (χ1) is 18.0. The van der Waals surface area contributed by atoms with Crippen LogP contribution in [0.25, 0.3) is 11.1 Å². The molecule has 4 rings (SSSR count). The van der Waals surface area contributed by atoms with Gasteiger partial charge in [0.1, 0.15) is 23.1 Å². The topological polar surface area (TPSA) is 157 Å². The largest absolute Gasteiger partial charge is 0.495 e. The molecule has 3 aromatic rings. The van der Waals surface area contributed by atoms with Crippen LogP contribution in [-0.2, 0) is 22.1 Å². The molecule has 0 aliphatic carbocycles. The summed E-state index contributed by atoms with van der Waals surface area (Å²) in [5.41, 5.74) is 5.79. The number of hydrogen-bond donors (Lipinski definition) is 3.